The Kier molecular flexibility index (Phi) is 5.53. The van der Waals surface area contributed by atoms with E-state index in [2.05, 4.69) is 15.4 Å². The van der Waals surface area contributed by atoms with Gasteiger partial charge in [-0.25, -0.2) is 4.79 Å². The number of aliphatic carboxylic acids is 1. The summed E-state index contributed by atoms with van der Waals surface area (Å²) in [6.07, 6.45) is -5.93. The van der Waals surface area contributed by atoms with Crippen LogP contribution < -0.4 is 15.4 Å². The minimum Gasteiger partial charge on any atom is -0.486 e. The van der Waals surface area contributed by atoms with E-state index in [-0.39, 0.29) is 18.2 Å². The second kappa shape index (κ2) is 7.30. The molecule has 2 rings (SSSR count). The molecule has 1 heterocycles. The zero-order chi connectivity index (χ0) is 19.5. The van der Waals surface area contributed by atoms with E-state index < -0.39 is 23.8 Å². The molecule has 0 saturated heterocycles. The van der Waals surface area contributed by atoms with Crippen molar-refractivity contribution in [3.63, 3.8) is 0 Å². The van der Waals surface area contributed by atoms with Crippen LogP contribution in [0.5, 0.6) is 5.75 Å². The van der Waals surface area contributed by atoms with Crippen LogP contribution in [0.2, 0.25) is 0 Å². The highest BCUT2D eigenvalue weighted by atomic mass is 19.4. The lowest BCUT2D eigenvalue weighted by Gasteiger charge is -2.28. The number of anilines is 2. The first-order valence-electron chi connectivity index (χ1n) is 7.81. The van der Waals surface area contributed by atoms with Gasteiger partial charge in [-0.05, 0) is 38.5 Å². The van der Waals surface area contributed by atoms with Gasteiger partial charge in [0.15, 0.2) is 0 Å². The summed E-state index contributed by atoms with van der Waals surface area (Å²) >= 11 is 0. The van der Waals surface area contributed by atoms with Gasteiger partial charge in [0, 0.05) is 12.1 Å². The zero-order valence-electron chi connectivity index (χ0n) is 14.1. The molecule has 1 atom stereocenters. The third-order valence-electron chi connectivity index (χ3n) is 3.75. The van der Waals surface area contributed by atoms with Crippen molar-refractivity contribution in [3.8, 4) is 5.75 Å². The first-order valence-corrected chi connectivity index (χ1v) is 7.81. The van der Waals surface area contributed by atoms with Crippen LogP contribution in [0.3, 0.4) is 0 Å². The molecule has 1 aromatic rings. The van der Waals surface area contributed by atoms with Gasteiger partial charge in [0.25, 0.3) is 0 Å². The first kappa shape index (κ1) is 19.7. The van der Waals surface area contributed by atoms with E-state index in [1.165, 1.54) is 18.2 Å². The fourth-order valence-electron chi connectivity index (χ4n) is 2.17. The SMILES string of the molecule is CC(C)(OC(=O)Nc1ccc2c(c1)NCC(CCC(=O)O)O2)C(F)(F)F. The van der Waals surface area contributed by atoms with Gasteiger partial charge in [0.2, 0.25) is 5.60 Å². The summed E-state index contributed by atoms with van der Waals surface area (Å²) in [5.41, 5.74) is -1.86. The highest BCUT2D eigenvalue weighted by molar-refractivity contribution is 5.86. The fraction of sp³-hybridized carbons (Fsp3) is 0.500. The van der Waals surface area contributed by atoms with Gasteiger partial charge in [0.1, 0.15) is 11.9 Å². The molecule has 7 nitrogen and oxygen atoms in total. The largest absolute Gasteiger partial charge is 0.486 e. The molecule has 1 aliphatic rings. The molecule has 10 heteroatoms. The van der Waals surface area contributed by atoms with Crippen molar-refractivity contribution in [1.82, 2.24) is 0 Å². The number of carboxylic acid groups (broad SMARTS) is 1. The number of hydrogen-bond donors (Lipinski definition) is 3. The van der Waals surface area contributed by atoms with E-state index in [0.29, 0.717) is 24.4 Å². The summed E-state index contributed by atoms with van der Waals surface area (Å²) in [6.45, 7) is 1.88. The lowest BCUT2D eigenvalue weighted by atomic mass is 10.1. The molecule has 26 heavy (non-hydrogen) atoms. The van der Waals surface area contributed by atoms with Crippen LogP contribution >= 0.6 is 0 Å². The second-order valence-corrected chi connectivity index (χ2v) is 6.29. The monoisotopic (exact) mass is 376 g/mol. The molecule has 144 valence electrons. The molecule has 0 radical (unpaired) electrons. The number of amides is 1. The number of alkyl halides is 3. The summed E-state index contributed by atoms with van der Waals surface area (Å²) in [5, 5.41) is 14.0. The van der Waals surface area contributed by atoms with Crippen LogP contribution in [0.25, 0.3) is 0 Å². The van der Waals surface area contributed by atoms with Crippen LogP contribution in [-0.2, 0) is 9.53 Å². The smallest absolute Gasteiger partial charge is 0.427 e. The zero-order valence-corrected chi connectivity index (χ0v) is 14.1. The summed E-state index contributed by atoms with van der Waals surface area (Å²) in [7, 11) is 0. The molecule has 1 amide bonds. The molecule has 1 aromatic carbocycles. The Morgan fingerprint density at radius 3 is 2.69 bits per heavy atom. The van der Waals surface area contributed by atoms with Crippen molar-refractivity contribution in [2.24, 2.45) is 0 Å². The van der Waals surface area contributed by atoms with Crippen molar-refractivity contribution in [3.05, 3.63) is 18.2 Å². The molecule has 0 fully saturated rings. The molecular formula is C16H19F3N2O5. The lowest BCUT2D eigenvalue weighted by molar-refractivity contribution is -0.242. The number of benzene rings is 1. The standard InChI is InChI=1S/C16H19F3N2O5/c1-15(2,16(17,18)19)26-14(24)21-9-3-5-12-11(7-9)20-8-10(25-12)4-6-13(22)23/h3,5,7,10,20H,4,6,8H2,1-2H3,(H,21,24)(H,22,23). The van der Waals surface area contributed by atoms with E-state index in [4.69, 9.17) is 9.84 Å². The topological polar surface area (TPSA) is 96.9 Å². The number of nitrogens with one attached hydrogen (secondary N) is 2. The van der Waals surface area contributed by atoms with Crippen molar-refractivity contribution in [2.75, 3.05) is 17.2 Å². The van der Waals surface area contributed by atoms with Gasteiger partial charge in [-0.1, -0.05) is 0 Å². The van der Waals surface area contributed by atoms with Gasteiger partial charge < -0.3 is 19.9 Å². The first-order chi connectivity index (χ1) is 12.0. The van der Waals surface area contributed by atoms with Crippen LogP contribution in [0.4, 0.5) is 29.3 Å². The van der Waals surface area contributed by atoms with E-state index in [9.17, 15) is 22.8 Å². The van der Waals surface area contributed by atoms with Crippen molar-refractivity contribution in [2.45, 2.75) is 44.6 Å². The maximum absolute atomic E-state index is 12.7. The number of hydrogen-bond acceptors (Lipinski definition) is 5. The predicted molar refractivity (Wildman–Crippen MR) is 86.5 cm³/mol. The van der Waals surface area contributed by atoms with Gasteiger partial charge >= 0.3 is 18.2 Å². The van der Waals surface area contributed by atoms with E-state index in [1.54, 1.807) is 0 Å². The number of carbonyl (C=O) groups is 2. The van der Waals surface area contributed by atoms with Crippen LogP contribution in [0.1, 0.15) is 26.7 Å². The summed E-state index contributed by atoms with van der Waals surface area (Å²) in [6, 6.07) is 4.46. The molecular weight excluding hydrogens is 357 g/mol. The molecule has 0 saturated carbocycles. The number of fused-ring (bicyclic) bond motifs is 1. The van der Waals surface area contributed by atoms with Crippen molar-refractivity contribution >= 4 is 23.4 Å². The quantitative estimate of drug-likeness (QED) is 0.726. The molecule has 1 aliphatic heterocycles. The third-order valence-corrected chi connectivity index (χ3v) is 3.75. The Hall–Kier alpha value is -2.65. The van der Waals surface area contributed by atoms with E-state index in [1.807, 2.05) is 0 Å². The highest BCUT2D eigenvalue weighted by Crippen LogP contribution is 2.34. The van der Waals surface area contributed by atoms with Crippen LogP contribution in [0.15, 0.2) is 18.2 Å². The number of ether oxygens (including phenoxy) is 2. The number of carbonyl (C=O) groups excluding carboxylic acids is 1. The maximum Gasteiger partial charge on any atom is 0.427 e. The number of carboxylic acids is 1. The van der Waals surface area contributed by atoms with E-state index >= 15 is 0 Å². The summed E-state index contributed by atoms with van der Waals surface area (Å²) in [4.78, 5) is 22.3. The molecule has 0 aromatic heterocycles. The van der Waals surface area contributed by atoms with E-state index in [0.717, 1.165) is 13.8 Å². The van der Waals surface area contributed by atoms with Gasteiger partial charge in [-0.2, -0.15) is 13.2 Å². The minimum atomic E-state index is -4.69. The number of halogens is 3. The average Bonchev–Trinajstić information content (AvgIpc) is 2.51. The second-order valence-electron chi connectivity index (χ2n) is 6.29. The molecule has 3 N–H and O–H groups in total. The highest BCUT2D eigenvalue weighted by Gasteiger charge is 2.50. The lowest BCUT2D eigenvalue weighted by Crippen LogP contribution is -2.44. The van der Waals surface area contributed by atoms with Gasteiger partial charge in [-0.3, -0.25) is 10.1 Å². The van der Waals surface area contributed by atoms with Gasteiger partial charge in [0.05, 0.1) is 12.2 Å². The molecule has 0 spiro atoms. The average molecular weight is 376 g/mol. The Balaban J connectivity index is 1.97. The van der Waals surface area contributed by atoms with Crippen LogP contribution in [0, 0.1) is 0 Å². The molecule has 1 unspecified atom stereocenters. The fourth-order valence-corrected chi connectivity index (χ4v) is 2.17. The Bertz CT molecular complexity index is 691. The third kappa shape index (κ3) is 4.93. The molecule has 0 bridgehead atoms. The minimum absolute atomic E-state index is 0.0256. The Labute approximate surface area is 147 Å². The maximum atomic E-state index is 12.7. The number of rotatable bonds is 5. The van der Waals surface area contributed by atoms with Gasteiger partial charge in [-0.15, -0.1) is 0 Å². The summed E-state index contributed by atoms with van der Waals surface area (Å²) in [5.74, 6) is -0.458. The van der Waals surface area contributed by atoms with Crippen molar-refractivity contribution < 1.29 is 37.3 Å². The predicted octanol–water partition coefficient (Wildman–Crippen LogP) is 3.61. The summed E-state index contributed by atoms with van der Waals surface area (Å²) < 4.78 is 48.3. The Morgan fingerprint density at radius 1 is 1.38 bits per heavy atom. The Morgan fingerprint density at radius 2 is 2.08 bits per heavy atom. The van der Waals surface area contributed by atoms with Crippen molar-refractivity contribution in [1.29, 1.82) is 0 Å². The molecule has 0 aliphatic carbocycles. The normalized spacial score (nSPS) is 16.7. The van der Waals surface area contributed by atoms with Crippen LogP contribution in [-0.4, -0.2) is 41.6 Å².